The Labute approximate surface area is 125 Å². The normalized spacial score (nSPS) is 11.3. The lowest BCUT2D eigenvalue weighted by Crippen LogP contribution is -2.20. The molecule has 0 unspecified atom stereocenters. The van der Waals surface area contributed by atoms with Crippen molar-refractivity contribution in [3.63, 3.8) is 0 Å². The van der Waals surface area contributed by atoms with Gasteiger partial charge in [-0.25, -0.2) is 0 Å². The van der Waals surface area contributed by atoms with Crippen LogP contribution in [0.4, 0.5) is 0 Å². The molecule has 0 fully saturated rings. The average Bonchev–Trinajstić information content (AvgIpc) is 2.35. The standard InChI is InChI=1S/C15H20Cl2N2/c1-15(2,11-18)7-3-8-19-9-6-12-4-5-13(16)10-14(12)17/h4-5,10,19H,3,6-9H2,1-2H3. The molecule has 104 valence electrons. The van der Waals surface area contributed by atoms with Gasteiger partial charge in [-0.3, -0.25) is 0 Å². The van der Waals surface area contributed by atoms with E-state index < -0.39 is 0 Å². The minimum Gasteiger partial charge on any atom is -0.316 e. The molecule has 0 spiro atoms. The largest absolute Gasteiger partial charge is 0.316 e. The summed E-state index contributed by atoms with van der Waals surface area (Å²) in [6.07, 6.45) is 2.81. The Hall–Kier alpha value is -0.750. The number of nitriles is 1. The van der Waals surface area contributed by atoms with Gasteiger partial charge in [0.15, 0.2) is 0 Å². The molecular weight excluding hydrogens is 279 g/mol. The summed E-state index contributed by atoms with van der Waals surface area (Å²) in [6, 6.07) is 7.91. The van der Waals surface area contributed by atoms with Gasteiger partial charge in [0.25, 0.3) is 0 Å². The van der Waals surface area contributed by atoms with Crippen molar-refractivity contribution < 1.29 is 0 Å². The highest BCUT2D eigenvalue weighted by Crippen LogP contribution is 2.21. The van der Waals surface area contributed by atoms with Crippen LogP contribution in [0, 0.1) is 16.7 Å². The summed E-state index contributed by atoms with van der Waals surface area (Å²) >= 11 is 11.9. The first-order valence-corrected chi connectivity index (χ1v) is 7.26. The van der Waals surface area contributed by atoms with Gasteiger partial charge in [0.1, 0.15) is 0 Å². The third-order valence-electron chi connectivity index (χ3n) is 3.04. The predicted molar refractivity (Wildman–Crippen MR) is 81.7 cm³/mol. The monoisotopic (exact) mass is 298 g/mol. The fraction of sp³-hybridized carbons (Fsp3) is 0.533. The fourth-order valence-electron chi connectivity index (χ4n) is 1.78. The summed E-state index contributed by atoms with van der Waals surface area (Å²) in [5.41, 5.74) is 0.886. The number of nitrogens with zero attached hydrogens (tertiary/aromatic N) is 1. The molecule has 2 nitrogen and oxygen atoms in total. The van der Waals surface area contributed by atoms with E-state index in [1.165, 1.54) is 0 Å². The smallest absolute Gasteiger partial charge is 0.0683 e. The van der Waals surface area contributed by atoms with Crippen LogP contribution in [0.25, 0.3) is 0 Å². The molecule has 1 rings (SSSR count). The van der Waals surface area contributed by atoms with Crippen LogP contribution in [0.1, 0.15) is 32.3 Å². The van der Waals surface area contributed by atoms with Crippen LogP contribution >= 0.6 is 23.2 Å². The van der Waals surface area contributed by atoms with Crippen LogP contribution in [-0.4, -0.2) is 13.1 Å². The van der Waals surface area contributed by atoms with Crippen LogP contribution in [-0.2, 0) is 6.42 Å². The second-order valence-corrected chi connectivity index (χ2v) is 6.18. The summed E-state index contributed by atoms with van der Waals surface area (Å²) in [6.45, 7) is 5.76. The van der Waals surface area contributed by atoms with Crippen molar-refractivity contribution in [2.24, 2.45) is 5.41 Å². The highest BCUT2D eigenvalue weighted by Gasteiger charge is 2.15. The Kier molecular flexibility index (Phi) is 6.65. The van der Waals surface area contributed by atoms with Gasteiger partial charge in [-0.2, -0.15) is 5.26 Å². The minimum absolute atomic E-state index is 0.221. The molecule has 0 bridgehead atoms. The van der Waals surface area contributed by atoms with Gasteiger partial charge in [0.05, 0.1) is 11.5 Å². The van der Waals surface area contributed by atoms with Crippen molar-refractivity contribution in [2.75, 3.05) is 13.1 Å². The second kappa shape index (κ2) is 7.75. The average molecular weight is 299 g/mol. The summed E-state index contributed by atoms with van der Waals surface area (Å²) in [5, 5.41) is 13.7. The Balaban J connectivity index is 2.20. The highest BCUT2D eigenvalue weighted by molar-refractivity contribution is 6.35. The molecule has 19 heavy (non-hydrogen) atoms. The molecule has 0 aliphatic rings. The first kappa shape index (κ1) is 16.3. The molecular formula is C15H20Cl2N2. The molecule has 0 aliphatic carbocycles. The minimum atomic E-state index is -0.221. The fourth-order valence-corrected chi connectivity index (χ4v) is 2.29. The van der Waals surface area contributed by atoms with Crippen molar-refractivity contribution >= 4 is 23.2 Å². The Morgan fingerprint density at radius 1 is 1.26 bits per heavy atom. The maximum absolute atomic E-state index is 8.90. The SMILES string of the molecule is CC(C)(C#N)CCCNCCc1ccc(Cl)cc1Cl. The van der Waals surface area contributed by atoms with Crippen LogP contribution < -0.4 is 5.32 Å². The second-order valence-electron chi connectivity index (χ2n) is 5.33. The topological polar surface area (TPSA) is 35.8 Å². The maximum atomic E-state index is 8.90. The van der Waals surface area contributed by atoms with E-state index in [1.807, 2.05) is 26.0 Å². The van der Waals surface area contributed by atoms with Crippen molar-refractivity contribution in [1.29, 1.82) is 5.26 Å². The van der Waals surface area contributed by atoms with E-state index in [2.05, 4.69) is 11.4 Å². The molecule has 0 heterocycles. The van der Waals surface area contributed by atoms with E-state index in [0.717, 1.165) is 42.9 Å². The first-order valence-electron chi connectivity index (χ1n) is 6.50. The molecule has 1 aromatic rings. The van der Waals surface area contributed by atoms with Crippen molar-refractivity contribution in [2.45, 2.75) is 33.1 Å². The van der Waals surface area contributed by atoms with Crippen molar-refractivity contribution in [3.8, 4) is 6.07 Å². The van der Waals surface area contributed by atoms with E-state index in [1.54, 1.807) is 6.07 Å². The van der Waals surface area contributed by atoms with Gasteiger partial charge < -0.3 is 5.32 Å². The molecule has 0 aliphatic heterocycles. The van der Waals surface area contributed by atoms with Gasteiger partial charge in [0, 0.05) is 10.0 Å². The van der Waals surface area contributed by atoms with E-state index in [9.17, 15) is 0 Å². The molecule has 1 aromatic carbocycles. The van der Waals surface area contributed by atoms with E-state index in [0.29, 0.717) is 5.02 Å². The number of halogens is 2. The summed E-state index contributed by atoms with van der Waals surface area (Å²) in [4.78, 5) is 0. The molecule has 1 N–H and O–H groups in total. The lowest BCUT2D eigenvalue weighted by Gasteiger charge is -2.14. The van der Waals surface area contributed by atoms with E-state index in [4.69, 9.17) is 28.5 Å². The van der Waals surface area contributed by atoms with Gasteiger partial charge in [-0.1, -0.05) is 29.3 Å². The van der Waals surface area contributed by atoms with Gasteiger partial charge in [-0.05, 0) is 63.9 Å². The zero-order valence-corrected chi connectivity index (χ0v) is 13.0. The number of nitrogens with one attached hydrogen (secondary N) is 1. The van der Waals surface area contributed by atoms with Crippen LogP contribution in [0.15, 0.2) is 18.2 Å². The van der Waals surface area contributed by atoms with Crippen LogP contribution in [0.5, 0.6) is 0 Å². The van der Waals surface area contributed by atoms with Gasteiger partial charge >= 0.3 is 0 Å². The molecule has 0 saturated heterocycles. The van der Waals surface area contributed by atoms with E-state index >= 15 is 0 Å². The summed E-state index contributed by atoms with van der Waals surface area (Å²) < 4.78 is 0. The third-order valence-corrected chi connectivity index (χ3v) is 3.63. The number of hydrogen-bond donors (Lipinski definition) is 1. The highest BCUT2D eigenvalue weighted by atomic mass is 35.5. The molecule has 0 aromatic heterocycles. The summed E-state index contributed by atoms with van der Waals surface area (Å²) in [5.74, 6) is 0. The lowest BCUT2D eigenvalue weighted by atomic mass is 9.90. The van der Waals surface area contributed by atoms with Crippen molar-refractivity contribution in [3.05, 3.63) is 33.8 Å². The van der Waals surface area contributed by atoms with E-state index in [-0.39, 0.29) is 5.41 Å². The lowest BCUT2D eigenvalue weighted by molar-refractivity contribution is 0.426. The molecule has 0 saturated carbocycles. The number of hydrogen-bond acceptors (Lipinski definition) is 2. The molecule has 0 amide bonds. The predicted octanol–water partition coefficient (Wildman–Crippen LogP) is 4.46. The van der Waals surface area contributed by atoms with Crippen molar-refractivity contribution in [1.82, 2.24) is 5.32 Å². The Bertz CT molecular complexity index is 450. The van der Waals surface area contributed by atoms with Gasteiger partial charge in [0.2, 0.25) is 0 Å². The summed E-state index contributed by atoms with van der Waals surface area (Å²) in [7, 11) is 0. The zero-order valence-electron chi connectivity index (χ0n) is 11.5. The Morgan fingerprint density at radius 3 is 2.63 bits per heavy atom. The molecule has 4 heteroatoms. The quantitative estimate of drug-likeness (QED) is 0.755. The van der Waals surface area contributed by atoms with Gasteiger partial charge in [-0.15, -0.1) is 0 Å². The molecule has 0 atom stereocenters. The van der Waals surface area contributed by atoms with Crippen LogP contribution in [0.3, 0.4) is 0 Å². The first-order chi connectivity index (χ1) is 8.94. The van der Waals surface area contributed by atoms with Crippen LogP contribution in [0.2, 0.25) is 10.0 Å². The third kappa shape index (κ3) is 6.29. The molecule has 0 radical (unpaired) electrons. The number of benzene rings is 1. The zero-order chi connectivity index (χ0) is 14.3. The maximum Gasteiger partial charge on any atom is 0.0683 e. The Morgan fingerprint density at radius 2 is 2.00 bits per heavy atom. The number of rotatable bonds is 7.